The van der Waals surface area contributed by atoms with Gasteiger partial charge in [-0.05, 0) is 61.2 Å². The molecular formula is C33H43N9OSi. The summed E-state index contributed by atoms with van der Waals surface area (Å²) in [6.45, 7) is 18.7. The molecule has 1 unspecified atom stereocenters. The van der Waals surface area contributed by atoms with Crippen molar-refractivity contribution in [2.24, 2.45) is 5.92 Å². The Balaban J connectivity index is 1.24. The molecule has 2 aliphatic heterocycles. The maximum atomic E-state index is 10.1. The Morgan fingerprint density at radius 1 is 1.20 bits per heavy atom. The van der Waals surface area contributed by atoms with E-state index in [1.807, 2.05) is 36.0 Å². The summed E-state index contributed by atoms with van der Waals surface area (Å²) in [7, 11) is -1.95. The molecule has 44 heavy (non-hydrogen) atoms. The van der Waals surface area contributed by atoms with Crippen molar-refractivity contribution in [3.05, 3.63) is 65.5 Å². The molecular weight excluding hydrogens is 567 g/mol. The SMILES string of the molecule is Cc1cc(Nc2nccc(-c3cc(C#N)c4c(c3)[C@@](C)(CO[Si](C)(C)C(C)(C)C)CN4)n2)n(CC2CCn3ccnc3C2)n1. The van der Waals surface area contributed by atoms with Crippen LogP contribution in [-0.2, 0) is 29.4 Å². The zero-order valence-corrected chi connectivity index (χ0v) is 27.9. The second-order valence-corrected chi connectivity index (χ2v) is 19.0. The number of nitrogens with zero attached hydrogens (tertiary/aromatic N) is 7. The van der Waals surface area contributed by atoms with Gasteiger partial charge in [0.1, 0.15) is 17.7 Å². The minimum absolute atomic E-state index is 0.121. The molecule has 4 aromatic rings. The van der Waals surface area contributed by atoms with E-state index in [0.29, 0.717) is 24.0 Å². The second kappa shape index (κ2) is 11.2. The Hall–Kier alpha value is -4.01. The predicted molar refractivity (Wildman–Crippen MR) is 175 cm³/mol. The Morgan fingerprint density at radius 3 is 2.80 bits per heavy atom. The summed E-state index contributed by atoms with van der Waals surface area (Å²) in [4.78, 5) is 14.0. The number of anilines is 3. The zero-order chi connectivity index (χ0) is 31.3. The van der Waals surface area contributed by atoms with Crippen molar-refractivity contribution in [2.45, 2.75) is 84.1 Å². The summed E-state index contributed by atoms with van der Waals surface area (Å²) in [6.07, 6.45) is 7.72. The van der Waals surface area contributed by atoms with Crippen LogP contribution >= 0.6 is 0 Å². The lowest BCUT2D eigenvalue weighted by Gasteiger charge is -2.39. The lowest BCUT2D eigenvalue weighted by atomic mass is 9.83. The third-order valence-corrected chi connectivity index (χ3v) is 14.2. The van der Waals surface area contributed by atoms with Gasteiger partial charge < -0.3 is 19.6 Å². The van der Waals surface area contributed by atoms with Crippen LogP contribution in [0.25, 0.3) is 11.3 Å². The molecule has 0 fully saturated rings. The highest BCUT2D eigenvalue weighted by molar-refractivity contribution is 6.74. The molecule has 0 amide bonds. The number of nitrogens with one attached hydrogen (secondary N) is 2. The number of nitriles is 1. The number of fused-ring (bicyclic) bond motifs is 2. The van der Waals surface area contributed by atoms with E-state index in [4.69, 9.17) is 14.5 Å². The highest BCUT2D eigenvalue weighted by Crippen LogP contribution is 2.44. The maximum absolute atomic E-state index is 10.1. The first-order valence-corrected chi connectivity index (χ1v) is 18.4. The Kier molecular flexibility index (Phi) is 7.62. The summed E-state index contributed by atoms with van der Waals surface area (Å²) in [5.41, 5.74) is 4.92. The van der Waals surface area contributed by atoms with Gasteiger partial charge in [0.05, 0.1) is 22.6 Å². The number of hydrogen-bond donors (Lipinski definition) is 2. The summed E-state index contributed by atoms with van der Waals surface area (Å²) in [5.74, 6) is 2.94. The summed E-state index contributed by atoms with van der Waals surface area (Å²) >= 11 is 0. The van der Waals surface area contributed by atoms with Crippen LogP contribution < -0.4 is 10.6 Å². The van der Waals surface area contributed by atoms with E-state index in [1.54, 1.807) is 6.20 Å². The number of aromatic nitrogens is 6. The molecule has 5 heterocycles. The predicted octanol–water partition coefficient (Wildman–Crippen LogP) is 6.43. The zero-order valence-electron chi connectivity index (χ0n) is 26.9. The molecule has 11 heteroatoms. The van der Waals surface area contributed by atoms with Crippen molar-refractivity contribution in [2.75, 3.05) is 23.8 Å². The molecule has 0 saturated heterocycles. The first-order valence-electron chi connectivity index (χ1n) is 15.5. The number of imidazole rings is 1. The standard InChI is InChI=1S/C33H43N9OSi/c1-22-14-29(42(40-22)19-23-9-12-41-13-11-35-28(41)15-23)39-31-36-10-8-27(38-31)24-16-25(18-34)30-26(17-24)33(5,20-37-30)21-43-44(6,7)32(2,3)4/h8,10-11,13-14,16-17,23,37H,9,12,15,19-21H2,1-7H3,(H,36,38,39)/t23?,33-/m1/s1. The minimum atomic E-state index is -1.95. The second-order valence-electron chi connectivity index (χ2n) is 14.2. The van der Waals surface area contributed by atoms with Gasteiger partial charge in [-0.25, -0.2) is 19.6 Å². The van der Waals surface area contributed by atoms with Gasteiger partial charge in [0.25, 0.3) is 0 Å². The first kappa shape index (κ1) is 30.0. The van der Waals surface area contributed by atoms with Crippen molar-refractivity contribution < 1.29 is 4.43 Å². The average Bonchev–Trinajstić information content (AvgIpc) is 3.68. The quantitative estimate of drug-likeness (QED) is 0.220. The molecule has 0 spiro atoms. The highest BCUT2D eigenvalue weighted by Gasteiger charge is 2.42. The Morgan fingerprint density at radius 2 is 2.02 bits per heavy atom. The van der Waals surface area contributed by atoms with E-state index >= 15 is 0 Å². The molecule has 3 aromatic heterocycles. The third-order valence-electron chi connectivity index (χ3n) is 9.70. The maximum Gasteiger partial charge on any atom is 0.228 e. The van der Waals surface area contributed by atoms with Gasteiger partial charge in [0.2, 0.25) is 5.95 Å². The van der Waals surface area contributed by atoms with Crippen molar-refractivity contribution in [3.63, 3.8) is 0 Å². The Bertz CT molecular complexity index is 1730. The Labute approximate surface area is 261 Å². The average molecular weight is 610 g/mol. The fraction of sp³-hybridized carbons (Fsp3) is 0.485. The fourth-order valence-electron chi connectivity index (χ4n) is 5.90. The van der Waals surface area contributed by atoms with Gasteiger partial charge >= 0.3 is 0 Å². The van der Waals surface area contributed by atoms with E-state index in [-0.39, 0.29) is 10.5 Å². The van der Waals surface area contributed by atoms with Crippen LogP contribution in [0.1, 0.15) is 56.8 Å². The molecule has 2 atom stereocenters. The highest BCUT2D eigenvalue weighted by atomic mass is 28.4. The largest absolute Gasteiger partial charge is 0.416 e. The summed E-state index contributed by atoms with van der Waals surface area (Å²) in [5, 5.41) is 21.9. The van der Waals surface area contributed by atoms with Crippen LogP contribution in [-0.4, -0.2) is 50.8 Å². The van der Waals surface area contributed by atoms with Gasteiger partial charge in [-0.1, -0.05) is 27.7 Å². The molecule has 0 aliphatic carbocycles. The smallest absolute Gasteiger partial charge is 0.228 e. The fourth-order valence-corrected chi connectivity index (χ4v) is 7.02. The first-order chi connectivity index (χ1) is 20.8. The number of aryl methyl sites for hydroxylation is 2. The molecule has 1 aromatic carbocycles. The van der Waals surface area contributed by atoms with Gasteiger partial charge in [-0.2, -0.15) is 10.4 Å². The minimum Gasteiger partial charge on any atom is -0.416 e. The molecule has 2 N–H and O–H groups in total. The third kappa shape index (κ3) is 5.76. The molecule has 6 rings (SSSR count). The van der Waals surface area contributed by atoms with Crippen molar-refractivity contribution in [3.8, 4) is 17.3 Å². The molecule has 230 valence electrons. The monoisotopic (exact) mass is 609 g/mol. The lowest BCUT2D eigenvalue weighted by Crippen LogP contribution is -2.45. The van der Waals surface area contributed by atoms with E-state index < -0.39 is 8.32 Å². The number of benzene rings is 1. The normalized spacial score (nSPS) is 19.6. The van der Waals surface area contributed by atoms with Crippen molar-refractivity contribution in [1.29, 1.82) is 5.26 Å². The van der Waals surface area contributed by atoms with Crippen LogP contribution in [0.15, 0.2) is 42.9 Å². The molecule has 2 aliphatic rings. The van der Waals surface area contributed by atoms with Crippen LogP contribution in [0.3, 0.4) is 0 Å². The van der Waals surface area contributed by atoms with E-state index in [2.05, 4.69) is 84.3 Å². The van der Waals surface area contributed by atoms with Gasteiger partial charge in [-0.15, -0.1) is 0 Å². The van der Waals surface area contributed by atoms with E-state index in [9.17, 15) is 5.26 Å². The molecule has 0 bridgehead atoms. The molecule has 0 radical (unpaired) electrons. The van der Waals surface area contributed by atoms with Crippen molar-refractivity contribution in [1.82, 2.24) is 29.3 Å². The number of hydrogen-bond acceptors (Lipinski definition) is 8. The lowest BCUT2D eigenvalue weighted by molar-refractivity contribution is 0.220. The van der Waals surface area contributed by atoms with Gasteiger partial charge in [0.15, 0.2) is 8.32 Å². The number of rotatable bonds is 8. The van der Waals surface area contributed by atoms with Crippen LogP contribution in [0.5, 0.6) is 0 Å². The molecule has 0 saturated carbocycles. The van der Waals surface area contributed by atoms with Gasteiger partial charge in [0, 0.05) is 68.3 Å². The molecule has 10 nitrogen and oxygen atoms in total. The van der Waals surface area contributed by atoms with Crippen LogP contribution in [0.4, 0.5) is 17.5 Å². The summed E-state index contributed by atoms with van der Waals surface area (Å²) < 4.78 is 11.0. The van der Waals surface area contributed by atoms with Gasteiger partial charge in [-0.3, -0.25) is 0 Å². The van der Waals surface area contributed by atoms with E-state index in [0.717, 1.165) is 72.3 Å². The van der Waals surface area contributed by atoms with E-state index in [1.165, 1.54) is 0 Å². The topological polar surface area (TPSA) is 118 Å². The summed E-state index contributed by atoms with van der Waals surface area (Å²) in [6, 6.07) is 10.4. The van der Waals surface area contributed by atoms with Crippen LogP contribution in [0.2, 0.25) is 18.1 Å². The van der Waals surface area contributed by atoms with Crippen molar-refractivity contribution >= 4 is 25.8 Å². The van der Waals surface area contributed by atoms with Crippen LogP contribution in [0, 0.1) is 24.2 Å².